The third-order valence-corrected chi connectivity index (χ3v) is 0.967. The minimum absolute atomic E-state index is 0.477. The van der Waals surface area contributed by atoms with Gasteiger partial charge in [-0.2, -0.15) is 0 Å². The van der Waals surface area contributed by atoms with Crippen LogP contribution in [0.25, 0.3) is 0 Å². The minimum atomic E-state index is 0.477. The molecule has 1 heterocycles. The summed E-state index contributed by atoms with van der Waals surface area (Å²) in [4.78, 5) is 3.77. The van der Waals surface area contributed by atoms with E-state index in [-0.39, 0.29) is 0 Å². The SMILES string of the molecule is N=Cc1nccn1C=N. The maximum absolute atomic E-state index is 6.80. The van der Waals surface area contributed by atoms with Gasteiger partial charge in [0.05, 0.1) is 12.6 Å². The molecule has 0 unspecified atom stereocenters. The molecule has 0 radical (unpaired) electrons. The monoisotopic (exact) mass is 122 g/mol. The maximum Gasteiger partial charge on any atom is 0.155 e. The van der Waals surface area contributed by atoms with Crippen molar-refractivity contribution >= 4 is 12.6 Å². The molecule has 0 aromatic carbocycles. The van der Waals surface area contributed by atoms with Crippen LogP contribution >= 0.6 is 0 Å². The van der Waals surface area contributed by atoms with E-state index in [9.17, 15) is 0 Å². The molecule has 0 aliphatic carbocycles. The van der Waals surface area contributed by atoms with Crippen LogP contribution in [0, 0.1) is 10.8 Å². The summed E-state index contributed by atoms with van der Waals surface area (Å²) < 4.78 is 1.45. The summed E-state index contributed by atoms with van der Waals surface area (Å²) in [5, 5.41) is 13.6. The molecule has 46 valence electrons. The zero-order chi connectivity index (χ0) is 6.69. The van der Waals surface area contributed by atoms with Gasteiger partial charge in [0.1, 0.15) is 0 Å². The standard InChI is InChI=1S/C5H6N4/c6-3-5-8-1-2-9(5)4-7/h1-4,6-7H. The van der Waals surface area contributed by atoms with E-state index in [1.807, 2.05) is 0 Å². The van der Waals surface area contributed by atoms with E-state index in [0.29, 0.717) is 5.82 Å². The van der Waals surface area contributed by atoms with Gasteiger partial charge < -0.3 is 5.41 Å². The Kier molecular flexibility index (Phi) is 1.40. The highest BCUT2D eigenvalue weighted by Crippen LogP contribution is 1.87. The second kappa shape index (κ2) is 2.21. The van der Waals surface area contributed by atoms with Gasteiger partial charge in [-0.1, -0.05) is 0 Å². The van der Waals surface area contributed by atoms with Gasteiger partial charge in [0.15, 0.2) is 5.82 Å². The fraction of sp³-hybridized carbons (Fsp3) is 0. The fourth-order valence-corrected chi connectivity index (χ4v) is 0.546. The van der Waals surface area contributed by atoms with Gasteiger partial charge in [0, 0.05) is 12.4 Å². The Morgan fingerprint density at radius 3 is 2.78 bits per heavy atom. The lowest BCUT2D eigenvalue weighted by atomic mass is 10.7. The molecule has 0 bridgehead atoms. The molecule has 0 fully saturated rings. The topological polar surface area (TPSA) is 65.5 Å². The van der Waals surface area contributed by atoms with Gasteiger partial charge >= 0.3 is 0 Å². The van der Waals surface area contributed by atoms with E-state index < -0.39 is 0 Å². The fourth-order valence-electron chi connectivity index (χ4n) is 0.546. The summed E-state index contributed by atoms with van der Waals surface area (Å²) in [5.74, 6) is 0.477. The summed E-state index contributed by atoms with van der Waals surface area (Å²) in [5.41, 5.74) is 0. The molecular formula is C5H6N4. The molecule has 9 heavy (non-hydrogen) atoms. The van der Waals surface area contributed by atoms with Crippen LogP contribution < -0.4 is 0 Å². The average Bonchev–Trinajstić information content (AvgIpc) is 2.33. The van der Waals surface area contributed by atoms with Crippen molar-refractivity contribution in [1.82, 2.24) is 9.55 Å². The highest BCUT2D eigenvalue weighted by atomic mass is 15.1. The van der Waals surface area contributed by atoms with Gasteiger partial charge in [-0.15, -0.1) is 0 Å². The molecule has 0 aliphatic heterocycles. The molecule has 4 nitrogen and oxygen atoms in total. The van der Waals surface area contributed by atoms with E-state index in [1.165, 1.54) is 4.57 Å². The zero-order valence-electron chi connectivity index (χ0n) is 4.70. The number of imidazole rings is 1. The van der Waals surface area contributed by atoms with Crippen LogP contribution in [0.2, 0.25) is 0 Å². The molecule has 0 saturated heterocycles. The zero-order valence-corrected chi connectivity index (χ0v) is 4.70. The Morgan fingerprint density at radius 2 is 2.33 bits per heavy atom. The van der Waals surface area contributed by atoms with Crippen LogP contribution in [-0.2, 0) is 0 Å². The van der Waals surface area contributed by atoms with Crippen LogP contribution in [0.15, 0.2) is 12.4 Å². The molecule has 1 rings (SSSR count). The van der Waals surface area contributed by atoms with Crippen LogP contribution in [0.5, 0.6) is 0 Å². The van der Waals surface area contributed by atoms with Crippen molar-refractivity contribution in [3.05, 3.63) is 18.2 Å². The third kappa shape index (κ3) is 0.861. The van der Waals surface area contributed by atoms with Crippen molar-refractivity contribution in [1.29, 1.82) is 10.8 Å². The lowest BCUT2D eigenvalue weighted by Crippen LogP contribution is -1.98. The lowest BCUT2D eigenvalue weighted by molar-refractivity contribution is 1.12. The maximum atomic E-state index is 6.80. The van der Waals surface area contributed by atoms with Gasteiger partial charge in [-0.25, -0.2) is 4.98 Å². The predicted octanol–water partition coefficient (Wildman–Crippen LogP) is 0.336. The molecular weight excluding hydrogens is 116 g/mol. The van der Waals surface area contributed by atoms with Gasteiger partial charge in [-0.05, 0) is 0 Å². The normalized spacial score (nSPS) is 8.89. The van der Waals surface area contributed by atoms with E-state index in [1.54, 1.807) is 12.4 Å². The van der Waals surface area contributed by atoms with Crippen molar-refractivity contribution in [2.24, 2.45) is 0 Å². The van der Waals surface area contributed by atoms with E-state index in [4.69, 9.17) is 10.8 Å². The summed E-state index contributed by atoms with van der Waals surface area (Å²) in [6.07, 6.45) is 5.37. The second-order valence-corrected chi connectivity index (χ2v) is 1.47. The number of nitrogens with one attached hydrogen (secondary N) is 2. The first-order chi connectivity index (χ1) is 4.38. The Balaban J connectivity index is 3.12. The van der Waals surface area contributed by atoms with Crippen LogP contribution in [0.3, 0.4) is 0 Å². The van der Waals surface area contributed by atoms with Crippen molar-refractivity contribution in [2.75, 3.05) is 0 Å². The Morgan fingerprint density at radius 1 is 1.56 bits per heavy atom. The Hall–Kier alpha value is -1.45. The van der Waals surface area contributed by atoms with Gasteiger partial charge in [0.2, 0.25) is 0 Å². The number of aromatic nitrogens is 2. The van der Waals surface area contributed by atoms with Crippen LogP contribution in [-0.4, -0.2) is 22.1 Å². The summed E-state index contributed by atoms with van der Waals surface area (Å²) in [6, 6.07) is 0. The molecule has 0 amide bonds. The van der Waals surface area contributed by atoms with Crippen molar-refractivity contribution in [2.45, 2.75) is 0 Å². The number of rotatable bonds is 2. The quantitative estimate of drug-likeness (QED) is 0.431. The lowest BCUT2D eigenvalue weighted by Gasteiger charge is -1.89. The Labute approximate surface area is 52.2 Å². The summed E-state index contributed by atoms with van der Waals surface area (Å²) in [6.45, 7) is 0. The predicted molar refractivity (Wildman–Crippen MR) is 34.3 cm³/mol. The first kappa shape index (κ1) is 5.68. The highest BCUT2D eigenvalue weighted by molar-refractivity contribution is 5.76. The van der Waals surface area contributed by atoms with Crippen LogP contribution in [0.1, 0.15) is 5.82 Å². The minimum Gasteiger partial charge on any atom is -0.305 e. The van der Waals surface area contributed by atoms with Crippen molar-refractivity contribution < 1.29 is 0 Å². The molecule has 0 saturated carbocycles. The van der Waals surface area contributed by atoms with Gasteiger partial charge in [-0.3, -0.25) is 9.98 Å². The Bertz CT molecular complexity index is 202. The van der Waals surface area contributed by atoms with Crippen LogP contribution in [0.4, 0.5) is 0 Å². The molecule has 4 heteroatoms. The van der Waals surface area contributed by atoms with Crippen molar-refractivity contribution in [3.8, 4) is 0 Å². The van der Waals surface area contributed by atoms with Gasteiger partial charge in [0.25, 0.3) is 0 Å². The summed E-state index contributed by atoms with van der Waals surface area (Å²) in [7, 11) is 0. The molecule has 1 aromatic heterocycles. The largest absolute Gasteiger partial charge is 0.305 e. The highest BCUT2D eigenvalue weighted by Gasteiger charge is 1.91. The third-order valence-electron chi connectivity index (χ3n) is 0.967. The molecule has 0 spiro atoms. The molecule has 2 N–H and O–H groups in total. The summed E-state index contributed by atoms with van der Waals surface area (Å²) >= 11 is 0. The van der Waals surface area contributed by atoms with E-state index in [2.05, 4.69) is 4.98 Å². The smallest absolute Gasteiger partial charge is 0.155 e. The van der Waals surface area contributed by atoms with E-state index >= 15 is 0 Å². The number of nitrogens with zero attached hydrogens (tertiary/aromatic N) is 2. The number of hydrogen-bond donors (Lipinski definition) is 2. The average molecular weight is 122 g/mol. The second-order valence-electron chi connectivity index (χ2n) is 1.47. The van der Waals surface area contributed by atoms with Crippen molar-refractivity contribution in [3.63, 3.8) is 0 Å². The molecule has 0 aliphatic rings. The van der Waals surface area contributed by atoms with E-state index in [0.717, 1.165) is 12.6 Å². The molecule has 1 aromatic rings. The number of hydrogen-bond acceptors (Lipinski definition) is 3. The first-order valence-corrected chi connectivity index (χ1v) is 2.42. The first-order valence-electron chi connectivity index (χ1n) is 2.42. The molecule has 0 atom stereocenters.